The highest BCUT2D eigenvalue weighted by Crippen LogP contribution is 2.57. The Morgan fingerprint density at radius 2 is 2.19 bits per heavy atom. The molecule has 2 saturated heterocycles. The van der Waals surface area contributed by atoms with E-state index in [1.54, 1.807) is 23.5 Å². The number of hydrogen-bond donors (Lipinski definition) is 0. The molecule has 0 aromatic carbocycles. The van der Waals surface area contributed by atoms with Crippen molar-refractivity contribution in [1.82, 2.24) is 0 Å². The number of halogens is 1. The van der Waals surface area contributed by atoms with Gasteiger partial charge < -0.3 is 0 Å². The van der Waals surface area contributed by atoms with Gasteiger partial charge in [-0.25, -0.2) is 8.42 Å². The maximum absolute atomic E-state index is 11.8. The Hall–Kier alpha value is 0.800. The van der Waals surface area contributed by atoms with Gasteiger partial charge in [-0.3, -0.25) is 4.99 Å². The lowest BCUT2D eigenvalue weighted by Crippen LogP contribution is -2.33. The van der Waals surface area contributed by atoms with Gasteiger partial charge >= 0.3 is 0 Å². The third-order valence-electron chi connectivity index (χ3n) is 2.70. The molecule has 0 radical (unpaired) electrons. The van der Waals surface area contributed by atoms with Crippen molar-refractivity contribution in [3.63, 3.8) is 0 Å². The summed E-state index contributed by atoms with van der Waals surface area (Å²) in [6.07, 6.45) is 0. The van der Waals surface area contributed by atoms with Gasteiger partial charge in [0.15, 0.2) is 9.84 Å². The number of hydrogen-bond acceptors (Lipinski definition) is 5. The molecule has 2 rings (SSSR count). The molecule has 7 heteroatoms. The fraction of sp³-hybridized carbons (Fsp3) is 0.889. The number of sulfone groups is 1. The molecule has 3 atom stereocenters. The summed E-state index contributed by atoms with van der Waals surface area (Å²) >= 11 is 6.57. The van der Waals surface area contributed by atoms with E-state index < -0.39 is 14.0 Å². The number of thioether (sulfide) groups is 2. The van der Waals surface area contributed by atoms with Crippen LogP contribution in [-0.4, -0.2) is 38.7 Å². The van der Waals surface area contributed by atoms with Gasteiger partial charge in [0.05, 0.1) is 10.5 Å². The van der Waals surface area contributed by atoms with Crippen LogP contribution in [-0.2, 0) is 9.84 Å². The van der Waals surface area contributed by atoms with Crippen molar-refractivity contribution in [3.05, 3.63) is 0 Å². The second-order valence-electron chi connectivity index (χ2n) is 4.53. The van der Waals surface area contributed by atoms with Crippen molar-refractivity contribution in [2.24, 2.45) is 4.99 Å². The molecule has 0 aromatic rings. The molecule has 0 spiro atoms. The minimum absolute atomic E-state index is 0.129. The SMILES string of the molecule is CC(C)N=C1S[C@H]2CS(=O)(=O)[C@H](Br)[C@]2(C)S1. The molecule has 92 valence electrons. The molecule has 0 aromatic heterocycles. The van der Waals surface area contributed by atoms with Crippen molar-refractivity contribution in [2.75, 3.05) is 5.75 Å². The number of nitrogens with zero attached hydrogens (tertiary/aromatic N) is 1. The van der Waals surface area contributed by atoms with Crippen molar-refractivity contribution in [3.8, 4) is 0 Å². The van der Waals surface area contributed by atoms with Gasteiger partial charge in [0.1, 0.15) is 8.53 Å². The second kappa shape index (κ2) is 4.17. The summed E-state index contributed by atoms with van der Waals surface area (Å²) in [6, 6.07) is 0.266. The fourth-order valence-electron chi connectivity index (χ4n) is 1.83. The Balaban J connectivity index is 2.28. The van der Waals surface area contributed by atoms with Gasteiger partial charge in [-0.2, -0.15) is 0 Å². The average molecular weight is 344 g/mol. The number of fused-ring (bicyclic) bond motifs is 1. The highest BCUT2D eigenvalue weighted by Gasteiger charge is 2.60. The van der Waals surface area contributed by atoms with Crippen LogP contribution < -0.4 is 0 Å². The number of alkyl halides is 1. The molecule has 0 unspecified atom stereocenters. The lowest BCUT2D eigenvalue weighted by molar-refractivity contribution is 0.599. The van der Waals surface area contributed by atoms with Crippen molar-refractivity contribution < 1.29 is 8.42 Å². The van der Waals surface area contributed by atoms with E-state index in [1.807, 2.05) is 20.8 Å². The zero-order chi connectivity index (χ0) is 12.1. The van der Waals surface area contributed by atoms with Crippen LogP contribution >= 0.6 is 39.5 Å². The van der Waals surface area contributed by atoms with Crippen LogP contribution in [0, 0.1) is 0 Å². The molecule has 0 amide bonds. The predicted octanol–water partition coefficient (Wildman–Crippen LogP) is 2.51. The van der Waals surface area contributed by atoms with E-state index in [0.29, 0.717) is 0 Å². The first-order chi connectivity index (χ1) is 7.25. The van der Waals surface area contributed by atoms with E-state index >= 15 is 0 Å². The van der Waals surface area contributed by atoms with Gasteiger partial charge in [-0.15, -0.1) is 0 Å². The summed E-state index contributed by atoms with van der Waals surface area (Å²) in [5.41, 5.74) is 0. The Morgan fingerprint density at radius 3 is 2.69 bits per heavy atom. The van der Waals surface area contributed by atoms with Crippen LogP contribution in [0.3, 0.4) is 0 Å². The molecular weight excluding hydrogens is 330 g/mol. The quantitative estimate of drug-likeness (QED) is 0.686. The maximum atomic E-state index is 11.8. The maximum Gasteiger partial charge on any atom is 0.165 e. The summed E-state index contributed by atoms with van der Waals surface area (Å²) in [7, 11) is -2.97. The molecule has 0 bridgehead atoms. The van der Waals surface area contributed by atoms with Gasteiger partial charge in [0.25, 0.3) is 0 Å². The molecule has 16 heavy (non-hydrogen) atoms. The largest absolute Gasteiger partial charge is 0.269 e. The Labute approximate surface area is 113 Å². The molecule has 3 nitrogen and oxygen atoms in total. The van der Waals surface area contributed by atoms with E-state index in [0.717, 1.165) is 4.38 Å². The monoisotopic (exact) mass is 343 g/mol. The van der Waals surface area contributed by atoms with Crippen molar-refractivity contribution in [2.45, 2.75) is 41.0 Å². The Morgan fingerprint density at radius 1 is 1.56 bits per heavy atom. The zero-order valence-corrected chi connectivity index (χ0v) is 13.3. The summed E-state index contributed by atoms with van der Waals surface area (Å²) in [6.45, 7) is 6.09. The minimum atomic E-state index is -2.97. The molecule has 0 N–H and O–H groups in total. The predicted molar refractivity (Wildman–Crippen MR) is 76.4 cm³/mol. The average Bonchev–Trinajstić information content (AvgIpc) is 2.47. The van der Waals surface area contributed by atoms with Gasteiger partial charge in [0.2, 0.25) is 0 Å². The highest BCUT2D eigenvalue weighted by molar-refractivity contribution is 9.11. The normalized spacial score (nSPS) is 44.2. The first-order valence-corrected chi connectivity index (χ1v) is 9.37. The standard InChI is InChI=1S/C9H14BrNO2S3/c1-5(2)11-8-14-6-4-16(12,13)7(10)9(6,3)15-8/h5-7H,4H2,1-3H3/t6-,7-,9+/m0/s1. The molecule has 0 saturated carbocycles. The van der Waals surface area contributed by atoms with Crippen LogP contribution in [0.5, 0.6) is 0 Å². The molecule has 0 aliphatic carbocycles. The Bertz CT molecular complexity index is 434. The van der Waals surface area contributed by atoms with Crippen LogP contribution in [0.15, 0.2) is 4.99 Å². The summed E-state index contributed by atoms with van der Waals surface area (Å²) in [4.78, 5) is 4.51. The molecule has 2 fully saturated rings. The fourth-order valence-corrected chi connectivity index (χ4v) is 9.69. The molecule has 2 aliphatic heterocycles. The highest BCUT2D eigenvalue weighted by atomic mass is 79.9. The third-order valence-corrected chi connectivity index (χ3v) is 11.1. The van der Waals surface area contributed by atoms with Gasteiger partial charge in [-0.1, -0.05) is 39.5 Å². The lowest BCUT2D eigenvalue weighted by Gasteiger charge is -2.22. The number of aliphatic imine (C=N–C) groups is 1. The molecule has 2 heterocycles. The van der Waals surface area contributed by atoms with E-state index in [-0.39, 0.29) is 21.8 Å². The third kappa shape index (κ3) is 2.08. The number of rotatable bonds is 1. The summed E-state index contributed by atoms with van der Waals surface area (Å²) in [5.74, 6) is 0.258. The van der Waals surface area contributed by atoms with Gasteiger partial charge in [0, 0.05) is 11.3 Å². The van der Waals surface area contributed by atoms with Crippen LogP contribution in [0.2, 0.25) is 0 Å². The van der Waals surface area contributed by atoms with E-state index in [2.05, 4.69) is 20.9 Å². The van der Waals surface area contributed by atoms with Crippen molar-refractivity contribution >= 4 is 53.7 Å². The smallest absolute Gasteiger partial charge is 0.165 e. The topological polar surface area (TPSA) is 46.5 Å². The first kappa shape index (κ1) is 13.2. The van der Waals surface area contributed by atoms with E-state index in [1.165, 1.54) is 0 Å². The minimum Gasteiger partial charge on any atom is -0.269 e. The summed E-state index contributed by atoms with van der Waals surface area (Å²) < 4.78 is 23.9. The Kier molecular flexibility index (Phi) is 3.45. The van der Waals surface area contributed by atoms with Gasteiger partial charge in [-0.05, 0) is 20.8 Å². The zero-order valence-electron chi connectivity index (χ0n) is 9.31. The van der Waals surface area contributed by atoms with Crippen LogP contribution in [0.4, 0.5) is 0 Å². The van der Waals surface area contributed by atoms with E-state index in [9.17, 15) is 8.42 Å². The molecule has 2 aliphatic rings. The lowest BCUT2D eigenvalue weighted by atomic mass is 10.1. The van der Waals surface area contributed by atoms with Crippen LogP contribution in [0.25, 0.3) is 0 Å². The molecular formula is C9H14BrNO2S3. The van der Waals surface area contributed by atoms with Crippen LogP contribution in [0.1, 0.15) is 20.8 Å². The van der Waals surface area contributed by atoms with Crippen molar-refractivity contribution in [1.29, 1.82) is 0 Å². The summed E-state index contributed by atoms with van der Waals surface area (Å²) in [5, 5.41) is 0.129. The van der Waals surface area contributed by atoms with E-state index in [4.69, 9.17) is 0 Å². The first-order valence-electron chi connectivity index (χ1n) is 5.05. The second-order valence-corrected chi connectivity index (χ2v) is 11.1.